The standard InChI is InChI=1S/C11H16ClN3O/c12-10-5-8(7-13)6-11(15-10)14-9-1-3-16-4-2-9/h5-6,9H,1-4,7,13H2,(H,14,15). The van der Waals surface area contributed by atoms with E-state index in [0.29, 0.717) is 17.7 Å². The third-order valence-electron chi connectivity index (χ3n) is 2.66. The summed E-state index contributed by atoms with van der Waals surface area (Å²) in [6.45, 7) is 2.09. The van der Waals surface area contributed by atoms with Crippen molar-refractivity contribution in [3.05, 3.63) is 22.8 Å². The van der Waals surface area contributed by atoms with Crippen molar-refractivity contribution in [2.75, 3.05) is 18.5 Å². The minimum absolute atomic E-state index is 0.422. The van der Waals surface area contributed by atoms with E-state index in [4.69, 9.17) is 22.1 Å². The number of aromatic nitrogens is 1. The smallest absolute Gasteiger partial charge is 0.131 e. The molecule has 0 saturated carbocycles. The van der Waals surface area contributed by atoms with Crippen molar-refractivity contribution in [1.82, 2.24) is 4.98 Å². The number of rotatable bonds is 3. The van der Waals surface area contributed by atoms with E-state index in [2.05, 4.69) is 10.3 Å². The lowest BCUT2D eigenvalue weighted by Crippen LogP contribution is -2.28. The zero-order valence-electron chi connectivity index (χ0n) is 9.08. The zero-order chi connectivity index (χ0) is 11.4. The van der Waals surface area contributed by atoms with Crippen molar-refractivity contribution in [3.8, 4) is 0 Å². The van der Waals surface area contributed by atoms with Gasteiger partial charge < -0.3 is 15.8 Å². The molecule has 1 aromatic rings. The number of anilines is 1. The molecule has 16 heavy (non-hydrogen) atoms. The highest BCUT2D eigenvalue weighted by molar-refractivity contribution is 6.29. The summed E-state index contributed by atoms with van der Waals surface area (Å²) in [5.74, 6) is 0.805. The molecule has 0 aliphatic carbocycles. The van der Waals surface area contributed by atoms with Crippen LogP contribution in [-0.4, -0.2) is 24.2 Å². The minimum Gasteiger partial charge on any atom is -0.381 e. The molecule has 1 fully saturated rings. The van der Waals surface area contributed by atoms with Crippen LogP contribution in [-0.2, 0) is 11.3 Å². The molecule has 5 heteroatoms. The van der Waals surface area contributed by atoms with Crippen molar-refractivity contribution in [3.63, 3.8) is 0 Å². The summed E-state index contributed by atoms with van der Waals surface area (Å²) in [7, 11) is 0. The van der Waals surface area contributed by atoms with Crippen molar-refractivity contribution in [2.24, 2.45) is 5.73 Å². The largest absolute Gasteiger partial charge is 0.381 e. The third kappa shape index (κ3) is 3.07. The van der Waals surface area contributed by atoms with E-state index in [0.717, 1.165) is 37.4 Å². The Morgan fingerprint density at radius 3 is 2.88 bits per heavy atom. The Hall–Kier alpha value is -0.840. The number of nitrogens with two attached hydrogens (primary N) is 1. The van der Waals surface area contributed by atoms with Gasteiger partial charge in [-0.15, -0.1) is 0 Å². The van der Waals surface area contributed by atoms with Crippen LogP contribution >= 0.6 is 11.6 Å². The van der Waals surface area contributed by atoms with Gasteiger partial charge in [-0.25, -0.2) is 4.98 Å². The normalized spacial score (nSPS) is 17.4. The first-order valence-corrected chi connectivity index (χ1v) is 5.86. The van der Waals surface area contributed by atoms with Crippen molar-refractivity contribution >= 4 is 17.4 Å². The maximum atomic E-state index is 5.92. The molecule has 1 aromatic heterocycles. The molecule has 1 aliphatic heterocycles. The van der Waals surface area contributed by atoms with Crippen LogP contribution in [0.2, 0.25) is 5.15 Å². The van der Waals surface area contributed by atoms with Gasteiger partial charge in [-0.05, 0) is 30.5 Å². The van der Waals surface area contributed by atoms with Crippen molar-refractivity contribution < 1.29 is 4.74 Å². The van der Waals surface area contributed by atoms with Gasteiger partial charge in [-0.3, -0.25) is 0 Å². The molecule has 2 rings (SSSR count). The second-order valence-electron chi connectivity index (χ2n) is 3.92. The number of pyridine rings is 1. The number of nitrogens with zero attached hydrogens (tertiary/aromatic N) is 1. The summed E-state index contributed by atoms with van der Waals surface area (Å²) in [5, 5.41) is 3.85. The monoisotopic (exact) mass is 241 g/mol. The molecule has 88 valence electrons. The first-order valence-electron chi connectivity index (χ1n) is 5.49. The van der Waals surface area contributed by atoms with Crippen molar-refractivity contribution in [2.45, 2.75) is 25.4 Å². The van der Waals surface area contributed by atoms with Crippen LogP contribution in [0.5, 0.6) is 0 Å². The Labute approximate surface area is 100 Å². The van der Waals surface area contributed by atoms with Crippen LogP contribution in [0.15, 0.2) is 12.1 Å². The van der Waals surface area contributed by atoms with Gasteiger partial charge in [-0.2, -0.15) is 0 Å². The first-order chi connectivity index (χ1) is 7.78. The van der Waals surface area contributed by atoms with Crippen LogP contribution < -0.4 is 11.1 Å². The summed E-state index contributed by atoms with van der Waals surface area (Å²) < 4.78 is 5.30. The highest BCUT2D eigenvalue weighted by atomic mass is 35.5. The summed E-state index contributed by atoms with van der Waals surface area (Å²) in [5.41, 5.74) is 6.58. The molecule has 1 saturated heterocycles. The van der Waals surface area contributed by atoms with Gasteiger partial charge in [0, 0.05) is 25.8 Å². The quantitative estimate of drug-likeness (QED) is 0.792. The SMILES string of the molecule is NCc1cc(Cl)nc(NC2CCOCC2)c1. The molecule has 0 amide bonds. The molecule has 0 atom stereocenters. The lowest BCUT2D eigenvalue weighted by atomic mass is 10.1. The fraction of sp³-hybridized carbons (Fsp3) is 0.545. The zero-order valence-corrected chi connectivity index (χ0v) is 9.83. The van der Waals surface area contributed by atoms with E-state index in [1.165, 1.54) is 0 Å². The van der Waals surface area contributed by atoms with Gasteiger partial charge in [0.1, 0.15) is 11.0 Å². The summed E-state index contributed by atoms with van der Waals surface area (Å²) in [6.07, 6.45) is 2.01. The van der Waals surface area contributed by atoms with Crippen LogP contribution in [0.4, 0.5) is 5.82 Å². The summed E-state index contributed by atoms with van der Waals surface area (Å²) in [6, 6.07) is 4.16. The topological polar surface area (TPSA) is 60.2 Å². The molecule has 0 bridgehead atoms. The average molecular weight is 242 g/mol. The van der Waals surface area contributed by atoms with E-state index < -0.39 is 0 Å². The fourth-order valence-electron chi connectivity index (χ4n) is 1.79. The Morgan fingerprint density at radius 2 is 2.19 bits per heavy atom. The molecule has 0 spiro atoms. The van der Waals surface area contributed by atoms with Gasteiger partial charge in [-0.1, -0.05) is 11.6 Å². The average Bonchev–Trinajstić information content (AvgIpc) is 2.29. The van der Waals surface area contributed by atoms with E-state index in [1.807, 2.05) is 6.07 Å². The molecule has 2 heterocycles. The molecule has 0 aromatic carbocycles. The van der Waals surface area contributed by atoms with E-state index >= 15 is 0 Å². The highest BCUT2D eigenvalue weighted by Gasteiger charge is 2.14. The maximum Gasteiger partial charge on any atom is 0.131 e. The first kappa shape index (κ1) is 11.6. The van der Waals surface area contributed by atoms with Gasteiger partial charge >= 0.3 is 0 Å². The van der Waals surface area contributed by atoms with E-state index in [-0.39, 0.29) is 0 Å². The second-order valence-corrected chi connectivity index (χ2v) is 4.31. The molecule has 3 N–H and O–H groups in total. The molecule has 0 unspecified atom stereocenters. The van der Waals surface area contributed by atoms with Gasteiger partial charge in [0.05, 0.1) is 0 Å². The molecule has 4 nitrogen and oxygen atoms in total. The van der Waals surface area contributed by atoms with E-state index in [1.54, 1.807) is 6.07 Å². The Kier molecular flexibility index (Phi) is 3.98. The lowest BCUT2D eigenvalue weighted by Gasteiger charge is -2.23. The molecular weight excluding hydrogens is 226 g/mol. The maximum absolute atomic E-state index is 5.92. The number of hydrogen-bond acceptors (Lipinski definition) is 4. The highest BCUT2D eigenvalue weighted by Crippen LogP contribution is 2.17. The number of halogens is 1. The molecular formula is C11H16ClN3O. The second kappa shape index (κ2) is 5.48. The Balaban J connectivity index is 2.04. The minimum atomic E-state index is 0.422. The van der Waals surface area contributed by atoms with Crippen molar-refractivity contribution in [1.29, 1.82) is 0 Å². The Morgan fingerprint density at radius 1 is 1.44 bits per heavy atom. The van der Waals surface area contributed by atoms with Crippen LogP contribution in [0.25, 0.3) is 0 Å². The molecule has 1 aliphatic rings. The predicted molar refractivity (Wildman–Crippen MR) is 64.6 cm³/mol. The van der Waals surface area contributed by atoms with Crippen LogP contribution in [0.1, 0.15) is 18.4 Å². The van der Waals surface area contributed by atoms with Gasteiger partial charge in [0.15, 0.2) is 0 Å². The predicted octanol–water partition coefficient (Wildman–Crippen LogP) is 1.78. The third-order valence-corrected chi connectivity index (χ3v) is 2.86. The van der Waals surface area contributed by atoms with Gasteiger partial charge in [0.2, 0.25) is 0 Å². The number of ether oxygens (including phenoxy) is 1. The lowest BCUT2D eigenvalue weighted by molar-refractivity contribution is 0.0904. The van der Waals surface area contributed by atoms with Gasteiger partial charge in [0.25, 0.3) is 0 Å². The van der Waals surface area contributed by atoms with Crippen LogP contribution in [0.3, 0.4) is 0 Å². The number of hydrogen-bond donors (Lipinski definition) is 2. The Bertz CT molecular complexity index is 353. The fourth-order valence-corrected chi connectivity index (χ4v) is 2.02. The summed E-state index contributed by atoms with van der Waals surface area (Å²) >= 11 is 5.92. The summed E-state index contributed by atoms with van der Waals surface area (Å²) in [4.78, 5) is 4.23. The van der Waals surface area contributed by atoms with E-state index in [9.17, 15) is 0 Å². The van der Waals surface area contributed by atoms with Crippen LogP contribution in [0, 0.1) is 0 Å². The molecule has 0 radical (unpaired) electrons. The number of nitrogens with one attached hydrogen (secondary N) is 1.